The number of nitrogens with one attached hydrogen (secondary N) is 1. The summed E-state index contributed by atoms with van der Waals surface area (Å²) in [5.74, 6) is -3.11. The number of nitro groups is 1. The Morgan fingerprint density at radius 1 is 1.27 bits per heavy atom. The molecule has 0 radical (unpaired) electrons. The van der Waals surface area contributed by atoms with Crippen molar-refractivity contribution in [2.75, 3.05) is 12.8 Å². The minimum Gasteiger partial charge on any atom is -0.465 e. The number of aromatic nitrogens is 1. The molecule has 2 heterocycles. The van der Waals surface area contributed by atoms with Gasteiger partial charge in [0.1, 0.15) is 11.5 Å². The van der Waals surface area contributed by atoms with Crippen molar-refractivity contribution in [2.24, 2.45) is 0 Å². The van der Waals surface area contributed by atoms with E-state index in [2.05, 4.69) is 4.74 Å². The second-order valence-corrected chi connectivity index (χ2v) is 5.20. The molecule has 132 valence electrons. The molecule has 26 heavy (non-hydrogen) atoms. The highest BCUT2D eigenvalue weighted by Crippen LogP contribution is 2.30. The summed E-state index contributed by atoms with van der Waals surface area (Å²) < 4.78 is 5.23. The number of amides is 2. The number of ether oxygens (including phenoxy) is 1. The van der Waals surface area contributed by atoms with Crippen LogP contribution in [0.25, 0.3) is 5.69 Å². The number of methoxy groups -OCH3 is 1. The quantitative estimate of drug-likeness (QED) is 0.335. The average molecular weight is 358 g/mol. The number of rotatable bonds is 3. The summed E-state index contributed by atoms with van der Waals surface area (Å²) >= 11 is 0. The first-order valence-electron chi connectivity index (χ1n) is 7.05. The monoisotopic (exact) mass is 358 g/mol. The number of benzene rings is 1. The van der Waals surface area contributed by atoms with E-state index in [1.807, 2.05) is 5.32 Å². The lowest BCUT2D eigenvalue weighted by molar-refractivity contribution is -0.384. The Balaban J connectivity index is 2.46. The van der Waals surface area contributed by atoms with E-state index in [1.165, 1.54) is 12.1 Å². The van der Waals surface area contributed by atoms with Crippen molar-refractivity contribution in [3.8, 4) is 5.69 Å². The molecular weight excluding hydrogens is 348 g/mol. The number of hydrogen-bond donors (Lipinski definition) is 2. The van der Waals surface area contributed by atoms with E-state index in [1.54, 1.807) is 0 Å². The molecule has 2 amide bonds. The number of pyridine rings is 1. The van der Waals surface area contributed by atoms with Crippen LogP contribution < -0.4 is 16.6 Å². The van der Waals surface area contributed by atoms with Crippen LogP contribution >= 0.6 is 0 Å². The van der Waals surface area contributed by atoms with E-state index in [4.69, 9.17) is 5.73 Å². The molecule has 3 N–H and O–H groups in total. The predicted molar refractivity (Wildman–Crippen MR) is 86.2 cm³/mol. The lowest BCUT2D eigenvalue weighted by Crippen LogP contribution is -2.26. The number of nitrogen functional groups attached to an aromatic ring is 1. The molecule has 1 aliphatic heterocycles. The molecule has 0 unspecified atom stereocenters. The summed E-state index contributed by atoms with van der Waals surface area (Å²) in [7, 11) is 1.06. The molecule has 0 fully saturated rings. The standard InChI is InChI=1S/C15H10N4O7/c1-26-15(23)6-3-2-4-8(19(24)25)11(6)18-9(20)5-7-10(12(18)16)14(22)17-13(7)21/h2-5H,16H2,1H3,(H,17,21,22). The van der Waals surface area contributed by atoms with Gasteiger partial charge in [0, 0.05) is 12.1 Å². The number of para-hydroxylation sites is 1. The van der Waals surface area contributed by atoms with Crippen molar-refractivity contribution in [3.63, 3.8) is 0 Å². The van der Waals surface area contributed by atoms with Gasteiger partial charge in [0.05, 0.1) is 28.7 Å². The van der Waals surface area contributed by atoms with Gasteiger partial charge < -0.3 is 10.5 Å². The maximum absolute atomic E-state index is 12.5. The molecule has 0 saturated carbocycles. The van der Waals surface area contributed by atoms with Crippen molar-refractivity contribution in [2.45, 2.75) is 0 Å². The molecule has 0 saturated heterocycles. The lowest BCUT2D eigenvalue weighted by Gasteiger charge is -2.14. The fraction of sp³-hybridized carbons (Fsp3) is 0.0667. The number of carbonyl (C=O) groups is 3. The van der Waals surface area contributed by atoms with Gasteiger partial charge in [-0.25, -0.2) is 4.79 Å². The topological polar surface area (TPSA) is 164 Å². The van der Waals surface area contributed by atoms with Crippen molar-refractivity contribution in [1.29, 1.82) is 0 Å². The first-order chi connectivity index (χ1) is 12.3. The Kier molecular flexibility index (Phi) is 3.76. The highest BCUT2D eigenvalue weighted by molar-refractivity contribution is 6.23. The Hall–Kier alpha value is -4.02. The Morgan fingerprint density at radius 2 is 1.96 bits per heavy atom. The average Bonchev–Trinajstić information content (AvgIpc) is 2.87. The van der Waals surface area contributed by atoms with Crippen molar-refractivity contribution >= 4 is 29.3 Å². The Labute approximate surface area is 144 Å². The fourth-order valence-electron chi connectivity index (χ4n) is 2.70. The number of carbonyl (C=O) groups excluding carboxylic acids is 3. The smallest absolute Gasteiger partial charge is 0.340 e. The Morgan fingerprint density at radius 3 is 2.58 bits per heavy atom. The van der Waals surface area contributed by atoms with Gasteiger partial charge in [-0.1, -0.05) is 6.07 Å². The number of fused-ring (bicyclic) bond motifs is 1. The van der Waals surface area contributed by atoms with Gasteiger partial charge >= 0.3 is 5.97 Å². The maximum atomic E-state index is 12.5. The van der Waals surface area contributed by atoms with E-state index in [0.717, 1.165) is 19.2 Å². The number of nitrogens with zero attached hydrogens (tertiary/aromatic N) is 2. The highest BCUT2D eigenvalue weighted by atomic mass is 16.6. The number of anilines is 1. The van der Waals surface area contributed by atoms with Crippen LogP contribution in [0.4, 0.5) is 11.5 Å². The molecule has 0 bridgehead atoms. The molecule has 11 heteroatoms. The molecule has 2 aromatic rings. The second kappa shape index (κ2) is 5.81. The van der Waals surface area contributed by atoms with Gasteiger partial charge in [-0.15, -0.1) is 0 Å². The molecule has 11 nitrogen and oxygen atoms in total. The van der Waals surface area contributed by atoms with E-state index in [-0.39, 0.29) is 16.7 Å². The molecular formula is C15H10N4O7. The number of hydrogen-bond acceptors (Lipinski definition) is 8. The van der Waals surface area contributed by atoms with Gasteiger partial charge in [0.2, 0.25) is 0 Å². The zero-order valence-electron chi connectivity index (χ0n) is 13.1. The minimum absolute atomic E-state index is 0.244. The van der Waals surface area contributed by atoms with E-state index in [9.17, 15) is 29.3 Å². The van der Waals surface area contributed by atoms with Gasteiger partial charge in [0.25, 0.3) is 23.1 Å². The summed E-state index contributed by atoms with van der Waals surface area (Å²) in [5, 5.41) is 13.4. The fourth-order valence-corrected chi connectivity index (χ4v) is 2.70. The maximum Gasteiger partial charge on any atom is 0.340 e. The van der Waals surface area contributed by atoms with E-state index >= 15 is 0 Å². The SMILES string of the molecule is COC(=O)c1cccc([N+](=O)[O-])c1-n1c(N)c2c(cc1=O)C(=O)NC2=O. The van der Waals surface area contributed by atoms with E-state index < -0.39 is 45.5 Å². The molecule has 1 aromatic heterocycles. The molecule has 3 rings (SSSR count). The zero-order valence-corrected chi connectivity index (χ0v) is 13.1. The molecule has 0 atom stereocenters. The van der Waals surface area contributed by atoms with Crippen LogP contribution in [0.3, 0.4) is 0 Å². The first kappa shape index (κ1) is 16.8. The predicted octanol–water partition coefficient (Wildman–Crippen LogP) is -0.00190. The first-order valence-corrected chi connectivity index (χ1v) is 7.05. The largest absolute Gasteiger partial charge is 0.465 e. The zero-order chi connectivity index (χ0) is 19.2. The summed E-state index contributed by atoms with van der Waals surface area (Å²) in [6.45, 7) is 0. The van der Waals surface area contributed by atoms with Crippen LogP contribution in [0.2, 0.25) is 0 Å². The summed E-state index contributed by atoms with van der Waals surface area (Å²) in [6, 6.07) is 4.33. The second-order valence-electron chi connectivity index (χ2n) is 5.20. The van der Waals surface area contributed by atoms with Crippen LogP contribution in [-0.2, 0) is 4.74 Å². The van der Waals surface area contributed by atoms with Crippen molar-refractivity contribution in [1.82, 2.24) is 9.88 Å². The van der Waals surface area contributed by atoms with Crippen LogP contribution in [0.15, 0.2) is 29.1 Å². The third-order valence-corrected chi connectivity index (χ3v) is 3.79. The van der Waals surface area contributed by atoms with Gasteiger partial charge in [-0.2, -0.15) is 0 Å². The van der Waals surface area contributed by atoms with Gasteiger partial charge in [-0.3, -0.25) is 34.4 Å². The molecule has 1 aromatic carbocycles. The third-order valence-electron chi connectivity index (χ3n) is 3.79. The van der Waals surface area contributed by atoms with Crippen LogP contribution in [0.1, 0.15) is 31.1 Å². The minimum atomic E-state index is -0.948. The van der Waals surface area contributed by atoms with Crippen LogP contribution in [0, 0.1) is 10.1 Å². The number of nitro benzene ring substituents is 1. The van der Waals surface area contributed by atoms with Crippen LogP contribution in [-0.4, -0.2) is 34.4 Å². The molecule has 0 spiro atoms. The highest BCUT2D eigenvalue weighted by Gasteiger charge is 2.34. The Bertz CT molecular complexity index is 1070. The summed E-state index contributed by atoms with van der Waals surface area (Å²) in [6.07, 6.45) is 0. The van der Waals surface area contributed by atoms with Gasteiger partial charge in [-0.05, 0) is 6.07 Å². The number of imide groups is 1. The lowest BCUT2D eigenvalue weighted by atomic mass is 10.1. The normalized spacial score (nSPS) is 12.5. The number of esters is 1. The number of nitrogens with two attached hydrogens (primary N) is 1. The third kappa shape index (κ3) is 2.30. The summed E-state index contributed by atoms with van der Waals surface area (Å²) in [5.41, 5.74) is 3.04. The van der Waals surface area contributed by atoms with Gasteiger partial charge in [0.15, 0.2) is 0 Å². The summed E-state index contributed by atoms with van der Waals surface area (Å²) in [4.78, 5) is 58.7. The molecule has 1 aliphatic rings. The van der Waals surface area contributed by atoms with Crippen molar-refractivity contribution in [3.05, 3.63) is 61.4 Å². The van der Waals surface area contributed by atoms with Crippen LogP contribution in [0.5, 0.6) is 0 Å². The van der Waals surface area contributed by atoms with E-state index in [0.29, 0.717) is 4.57 Å². The molecule has 0 aliphatic carbocycles. The van der Waals surface area contributed by atoms with Crippen molar-refractivity contribution < 1.29 is 24.0 Å².